The topological polar surface area (TPSA) is 70.1 Å². The minimum atomic E-state index is -0.838. The normalized spacial score (nSPS) is 25.1. The first-order valence-corrected chi connectivity index (χ1v) is 7.76. The standard InChI is InChI=1S/C15H26N2O4/c1-15(2,3)21-14(20)17-10-5-4-7-11(17)12(13(18)19)16-8-6-9-16/h11-12H,4-10H2,1-3H3,(H,18,19). The van der Waals surface area contributed by atoms with Gasteiger partial charge in [-0.15, -0.1) is 0 Å². The molecule has 120 valence electrons. The molecule has 0 radical (unpaired) electrons. The molecule has 1 N–H and O–H groups in total. The Balaban J connectivity index is 2.13. The molecule has 0 aromatic heterocycles. The van der Waals surface area contributed by atoms with E-state index in [2.05, 4.69) is 0 Å². The van der Waals surface area contributed by atoms with Crippen molar-refractivity contribution in [3.63, 3.8) is 0 Å². The highest BCUT2D eigenvalue weighted by Gasteiger charge is 2.43. The average Bonchev–Trinajstić information content (AvgIpc) is 2.31. The SMILES string of the molecule is CC(C)(C)OC(=O)N1CCCCC1C(C(=O)O)N1CCC1. The Hall–Kier alpha value is -1.30. The van der Waals surface area contributed by atoms with Crippen molar-refractivity contribution in [2.45, 2.75) is 64.1 Å². The summed E-state index contributed by atoms with van der Waals surface area (Å²) >= 11 is 0. The molecule has 0 aromatic rings. The molecule has 0 saturated carbocycles. The Morgan fingerprint density at radius 1 is 1.14 bits per heavy atom. The number of nitrogens with zero attached hydrogens (tertiary/aromatic N) is 2. The number of hydrogen-bond acceptors (Lipinski definition) is 4. The average molecular weight is 298 g/mol. The molecule has 2 rings (SSSR count). The Morgan fingerprint density at radius 2 is 1.81 bits per heavy atom. The number of piperidine rings is 1. The summed E-state index contributed by atoms with van der Waals surface area (Å²) in [5.74, 6) is -0.838. The highest BCUT2D eigenvalue weighted by molar-refractivity contribution is 5.77. The van der Waals surface area contributed by atoms with Gasteiger partial charge in [-0.05, 0) is 46.5 Å². The number of likely N-dealkylation sites (tertiary alicyclic amines) is 2. The van der Waals surface area contributed by atoms with Crippen LogP contribution >= 0.6 is 0 Å². The zero-order chi connectivity index (χ0) is 15.6. The van der Waals surface area contributed by atoms with Gasteiger partial charge >= 0.3 is 12.1 Å². The van der Waals surface area contributed by atoms with E-state index in [0.717, 1.165) is 38.8 Å². The van der Waals surface area contributed by atoms with Crippen molar-refractivity contribution in [2.24, 2.45) is 0 Å². The van der Waals surface area contributed by atoms with E-state index in [-0.39, 0.29) is 12.1 Å². The summed E-state index contributed by atoms with van der Waals surface area (Å²) in [6.45, 7) is 7.67. The van der Waals surface area contributed by atoms with Crippen LogP contribution in [0.5, 0.6) is 0 Å². The lowest BCUT2D eigenvalue weighted by Crippen LogP contribution is -2.62. The molecule has 2 aliphatic rings. The van der Waals surface area contributed by atoms with Crippen molar-refractivity contribution < 1.29 is 19.4 Å². The molecular formula is C15H26N2O4. The fourth-order valence-electron chi connectivity index (χ4n) is 3.02. The van der Waals surface area contributed by atoms with Crippen molar-refractivity contribution in [1.29, 1.82) is 0 Å². The van der Waals surface area contributed by atoms with Crippen LogP contribution in [0.2, 0.25) is 0 Å². The van der Waals surface area contributed by atoms with Gasteiger partial charge in [0.1, 0.15) is 11.6 Å². The first-order valence-electron chi connectivity index (χ1n) is 7.76. The molecule has 2 aliphatic heterocycles. The Kier molecular flexibility index (Phi) is 4.76. The maximum Gasteiger partial charge on any atom is 0.410 e. The first kappa shape index (κ1) is 16.1. The minimum absolute atomic E-state index is 0.286. The van der Waals surface area contributed by atoms with E-state index in [9.17, 15) is 14.7 Å². The molecule has 21 heavy (non-hydrogen) atoms. The monoisotopic (exact) mass is 298 g/mol. The molecule has 0 aliphatic carbocycles. The third kappa shape index (κ3) is 3.87. The van der Waals surface area contributed by atoms with E-state index in [1.807, 2.05) is 25.7 Å². The zero-order valence-electron chi connectivity index (χ0n) is 13.2. The van der Waals surface area contributed by atoms with Crippen LogP contribution in [0.1, 0.15) is 46.5 Å². The number of aliphatic carboxylic acids is 1. The molecule has 2 unspecified atom stereocenters. The summed E-state index contributed by atoms with van der Waals surface area (Å²) < 4.78 is 5.44. The summed E-state index contributed by atoms with van der Waals surface area (Å²) in [6, 6.07) is -0.891. The van der Waals surface area contributed by atoms with Gasteiger partial charge in [-0.1, -0.05) is 0 Å². The Morgan fingerprint density at radius 3 is 2.29 bits per heavy atom. The van der Waals surface area contributed by atoms with Crippen molar-refractivity contribution in [2.75, 3.05) is 19.6 Å². The van der Waals surface area contributed by atoms with Crippen LogP contribution in [0, 0.1) is 0 Å². The quantitative estimate of drug-likeness (QED) is 0.862. The third-order valence-corrected chi connectivity index (χ3v) is 4.08. The third-order valence-electron chi connectivity index (χ3n) is 4.08. The number of carboxylic acid groups (broad SMARTS) is 1. The molecule has 1 amide bonds. The van der Waals surface area contributed by atoms with E-state index >= 15 is 0 Å². The Labute approximate surface area is 126 Å². The van der Waals surface area contributed by atoms with Gasteiger partial charge in [0.25, 0.3) is 0 Å². The van der Waals surface area contributed by atoms with Crippen LogP contribution in [0.4, 0.5) is 4.79 Å². The lowest BCUT2D eigenvalue weighted by atomic mass is 9.93. The molecule has 2 heterocycles. The molecule has 0 bridgehead atoms. The number of carbonyl (C=O) groups is 2. The fraction of sp³-hybridized carbons (Fsp3) is 0.867. The molecule has 0 spiro atoms. The van der Waals surface area contributed by atoms with E-state index < -0.39 is 17.6 Å². The second kappa shape index (κ2) is 6.22. The number of rotatable bonds is 3. The van der Waals surface area contributed by atoms with Crippen molar-refractivity contribution >= 4 is 12.1 Å². The van der Waals surface area contributed by atoms with Gasteiger partial charge in [-0.2, -0.15) is 0 Å². The van der Waals surface area contributed by atoms with Gasteiger partial charge in [-0.25, -0.2) is 4.79 Å². The van der Waals surface area contributed by atoms with Crippen LogP contribution in [-0.2, 0) is 9.53 Å². The highest BCUT2D eigenvalue weighted by atomic mass is 16.6. The fourth-order valence-corrected chi connectivity index (χ4v) is 3.02. The predicted octanol–water partition coefficient (Wildman–Crippen LogP) is 1.93. The second-order valence-electron chi connectivity index (χ2n) is 6.91. The Bertz CT molecular complexity index is 401. The maximum atomic E-state index is 12.4. The summed E-state index contributed by atoms with van der Waals surface area (Å²) in [4.78, 5) is 27.6. The zero-order valence-corrected chi connectivity index (χ0v) is 13.2. The van der Waals surface area contributed by atoms with Gasteiger partial charge in [0.2, 0.25) is 0 Å². The van der Waals surface area contributed by atoms with E-state index in [1.54, 1.807) is 4.90 Å². The largest absolute Gasteiger partial charge is 0.480 e. The molecule has 6 nitrogen and oxygen atoms in total. The van der Waals surface area contributed by atoms with Gasteiger partial charge in [0.05, 0.1) is 6.04 Å². The molecule has 2 atom stereocenters. The van der Waals surface area contributed by atoms with Gasteiger partial charge < -0.3 is 14.7 Å². The van der Waals surface area contributed by atoms with Crippen LogP contribution < -0.4 is 0 Å². The van der Waals surface area contributed by atoms with Crippen LogP contribution in [0.15, 0.2) is 0 Å². The van der Waals surface area contributed by atoms with Gasteiger partial charge in [0.15, 0.2) is 0 Å². The molecule has 6 heteroatoms. The summed E-state index contributed by atoms with van der Waals surface area (Å²) in [6.07, 6.45) is 3.23. The van der Waals surface area contributed by atoms with Crippen molar-refractivity contribution in [3.8, 4) is 0 Å². The number of ether oxygens (including phenoxy) is 1. The van der Waals surface area contributed by atoms with E-state index in [4.69, 9.17) is 4.74 Å². The molecule has 2 fully saturated rings. The smallest absolute Gasteiger partial charge is 0.410 e. The maximum absolute atomic E-state index is 12.4. The predicted molar refractivity (Wildman–Crippen MR) is 78.2 cm³/mol. The lowest BCUT2D eigenvalue weighted by Gasteiger charge is -2.45. The molecular weight excluding hydrogens is 272 g/mol. The number of carbonyl (C=O) groups excluding carboxylic acids is 1. The number of amides is 1. The second-order valence-corrected chi connectivity index (χ2v) is 6.91. The minimum Gasteiger partial charge on any atom is -0.480 e. The summed E-state index contributed by atoms with van der Waals surface area (Å²) in [7, 11) is 0. The van der Waals surface area contributed by atoms with Crippen molar-refractivity contribution in [1.82, 2.24) is 9.80 Å². The molecule has 0 aromatic carbocycles. The number of hydrogen-bond donors (Lipinski definition) is 1. The summed E-state index contributed by atoms with van der Waals surface area (Å²) in [5, 5.41) is 9.57. The van der Waals surface area contributed by atoms with Crippen LogP contribution in [-0.4, -0.2) is 64.3 Å². The van der Waals surface area contributed by atoms with E-state index in [1.165, 1.54) is 0 Å². The first-order chi connectivity index (χ1) is 9.79. The summed E-state index contributed by atoms with van der Waals surface area (Å²) in [5.41, 5.74) is -0.561. The highest BCUT2D eigenvalue weighted by Crippen LogP contribution is 2.27. The number of carboxylic acids is 1. The van der Waals surface area contributed by atoms with Gasteiger partial charge in [0, 0.05) is 19.6 Å². The van der Waals surface area contributed by atoms with Crippen molar-refractivity contribution in [3.05, 3.63) is 0 Å². The van der Waals surface area contributed by atoms with Crippen LogP contribution in [0.3, 0.4) is 0 Å². The molecule has 2 saturated heterocycles. The van der Waals surface area contributed by atoms with E-state index in [0.29, 0.717) is 6.54 Å². The lowest BCUT2D eigenvalue weighted by molar-refractivity contribution is -0.148. The van der Waals surface area contributed by atoms with Crippen LogP contribution in [0.25, 0.3) is 0 Å². The van der Waals surface area contributed by atoms with Gasteiger partial charge in [-0.3, -0.25) is 9.69 Å².